The molecule has 0 aromatic carbocycles. The van der Waals surface area contributed by atoms with Crippen LogP contribution in [0, 0.1) is 6.92 Å². The number of carboxylic acid groups (broad SMARTS) is 1. The van der Waals surface area contributed by atoms with Crippen LogP contribution in [-0.4, -0.2) is 26.0 Å². The van der Waals surface area contributed by atoms with E-state index in [1.165, 1.54) is 4.88 Å². The zero-order valence-corrected chi connectivity index (χ0v) is 14.3. The topological polar surface area (TPSA) is 95.9 Å². The number of thiazole rings is 1. The smallest absolute Gasteiger partial charge is 0.308 e. The van der Waals surface area contributed by atoms with Gasteiger partial charge in [-0.2, -0.15) is 0 Å². The second-order valence-electron chi connectivity index (χ2n) is 6.23. The first-order valence-corrected chi connectivity index (χ1v) is 7.94. The molecule has 2 aromatic heterocycles. The van der Waals surface area contributed by atoms with E-state index in [1.54, 1.807) is 30.4 Å². The van der Waals surface area contributed by atoms with Crippen molar-refractivity contribution in [3.63, 3.8) is 0 Å². The van der Waals surface area contributed by atoms with Crippen LogP contribution in [0.3, 0.4) is 0 Å². The summed E-state index contributed by atoms with van der Waals surface area (Å²) < 4.78 is 0. The maximum atomic E-state index is 11.9. The van der Waals surface area contributed by atoms with E-state index in [2.05, 4.69) is 35.7 Å². The molecule has 0 fully saturated rings. The van der Waals surface area contributed by atoms with Gasteiger partial charge >= 0.3 is 5.97 Å². The summed E-state index contributed by atoms with van der Waals surface area (Å²) in [5, 5.41) is 9.63. The standard InChI is InChI=1S/C16H19N3O3S/c1-9-10(7-14(20)21)15(22)19-12(18-9)5-6-13-17-8-11(23-13)16(2,3)4/h5-6,8H,7H2,1-4H3,(H,20,21)(H,18,19,22). The Labute approximate surface area is 137 Å². The van der Waals surface area contributed by atoms with E-state index in [0.29, 0.717) is 11.5 Å². The molecule has 0 saturated heterocycles. The van der Waals surface area contributed by atoms with E-state index in [-0.39, 0.29) is 17.4 Å². The van der Waals surface area contributed by atoms with Crippen LogP contribution in [0.1, 0.15) is 47.7 Å². The molecule has 2 aromatic rings. The molecule has 0 spiro atoms. The van der Waals surface area contributed by atoms with Gasteiger partial charge in [-0.3, -0.25) is 9.59 Å². The molecule has 0 radical (unpaired) electrons. The number of nitrogens with one attached hydrogen (secondary N) is 1. The lowest BCUT2D eigenvalue weighted by Crippen LogP contribution is -2.20. The van der Waals surface area contributed by atoms with Crippen molar-refractivity contribution in [1.82, 2.24) is 15.0 Å². The summed E-state index contributed by atoms with van der Waals surface area (Å²) in [6.45, 7) is 8.00. The predicted octanol–water partition coefficient (Wildman–Crippen LogP) is 2.63. The summed E-state index contributed by atoms with van der Waals surface area (Å²) in [5.74, 6) is -0.671. The number of aryl methyl sites for hydroxylation is 1. The number of H-pyrrole nitrogens is 1. The third-order valence-corrected chi connectivity index (χ3v) is 4.60. The van der Waals surface area contributed by atoms with Crippen molar-refractivity contribution in [3.8, 4) is 0 Å². The molecule has 0 atom stereocenters. The number of hydrogen-bond donors (Lipinski definition) is 2. The Balaban J connectivity index is 2.25. The van der Waals surface area contributed by atoms with Crippen molar-refractivity contribution in [3.05, 3.63) is 43.5 Å². The monoisotopic (exact) mass is 333 g/mol. The summed E-state index contributed by atoms with van der Waals surface area (Å²) in [7, 11) is 0. The Kier molecular flexibility index (Phi) is 4.79. The van der Waals surface area contributed by atoms with Crippen molar-refractivity contribution in [2.75, 3.05) is 0 Å². The summed E-state index contributed by atoms with van der Waals surface area (Å²) >= 11 is 1.58. The van der Waals surface area contributed by atoms with Crippen LogP contribution in [0.5, 0.6) is 0 Å². The second kappa shape index (κ2) is 6.45. The molecule has 0 saturated carbocycles. The number of nitrogens with zero attached hydrogens (tertiary/aromatic N) is 2. The van der Waals surface area contributed by atoms with Gasteiger partial charge in [-0.15, -0.1) is 11.3 Å². The molecule has 2 heterocycles. The lowest BCUT2D eigenvalue weighted by atomic mass is 9.96. The third-order valence-electron chi connectivity index (χ3n) is 3.22. The number of aromatic amines is 1. The van der Waals surface area contributed by atoms with Gasteiger partial charge in [0.25, 0.3) is 5.56 Å². The van der Waals surface area contributed by atoms with E-state index >= 15 is 0 Å². The molecule has 0 aliphatic heterocycles. The molecule has 0 unspecified atom stereocenters. The Hall–Kier alpha value is -2.28. The summed E-state index contributed by atoms with van der Waals surface area (Å²) in [5.41, 5.74) is 0.226. The van der Waals surface area contributed by atoms with Gasteiger partial charge in [0.2, 0.25) is 0 Å². The highest BCUT2D eigenvalue weighted by molar-refractivity contribution is 7.12. The third kappa shape index (κ3) is 4.35. The van der Waals surface area contributed by atoms with Crippen LogP contribution >= 0.6 is 11.3 Å². The highest BCUT2D eigenvalue weighted by Gasteiger charge is 2.16. The molecular weight excluding hydrogens is 314 g/mol. The highest BCUT2D eigenvalue weighted by Crippen LogP contribution is 2.28. The molecule has 7 heteroatoms. The normalized spacial score (nSPS) is 12.0. The number of aliphatic carboxylic acids is 1. The highest BCUT2D eigenvalue weighted by atomic mass is 32.1. The zero-order chi connectivity index (χ0) is 17.2. The van der Waals surface area contributed by atoms with E-state index in [4.69, 9.17) is 5.11 Å². The van der Waals surface area contributed by atoms with E-state index in [9.17, 15) is 9.59 Å². The molecule has 0 aliphatic rings. The molecule has 0 amide bonds. The summed E-state index contributed by atoms with van der Waals surface area (Å²) in [4.78, 5) is 35.0. The fourth-order valence-corrected chi connectivity index (χ4v) is 2.81. The molecule has 122 valence electrons. The molecule has 0 aliphatic carbocycles. The van der Waals surface area contributed by atoms with Gasteiger partial charge < -0.3 is 10.1 Å². The fourth-order valence-electron chi connectivity index (χ4n) is 1.93. The quantitative estimate of drug-likeness (QED) is 0.896. The van der Waals surface area contributed by atoms with Crippen molar-refractivity contribution >= 4 is 29.5 Å². The van der Waals surface area contributed by atoms with Gasteiger partial charge in [-0.25, -0.2) is 9.97 Å². The lowest BCUT2D eigenvalue weighted by Gasteiger charge is -2.14. The lowest BCUT2D eigenvalue weighted by molar-refractivity contribution is -0.136. The van der Waals surface area contributed by atoms with Crippen molar-refractivity contribution in [2.45, 2.75) is 39.5 Å². The molecule has 23 heavy (non-hydrogen) atoms. The Bertz CT molecular complexity index is 813. The Morgan fingerprint density at radius 2 is 2.09 bits per heavy atom. The number of hydrogen-bond acceptors (Lipinski definition) is 5. The van der Waals surface area contributed by atoms with Gasteiger partial charge in [-0.05, 0) is 24.5 Å². The first-order chi connectivity index (χ1) is 10.7. The predicted molar refractivity (Wildman–Crippen MR) is 90.7 cm³/mol. The van der Waals surface area contributed by atoms with Gasteiger partial charge in [0.15, 0.2) is 0 Å². The zero-order valence-electron chi connectivity index (χ0n) is 13.5. The van der Waals surface area contributed by atoms with Crippen molar-refractivity contribution < 1.29 is 9.90 Å². The molecule has 6 nitrogen and oxygen atoms in total. The van der Waals surface area contributed by atoms with Crippen LogP contribution in [0.4, 0.5) is 0 Å². The van der Waals surface area contributed by atoms with Crippen molar-refractivity contribution in [1.29, 1.82) is 0 Å². The van der Waals surface area contributed by atoms with E-state index in [0.717, 1.165) is 5.01 Å². The van der Waals surface area contributed by atoms with Gasteiger partial charge in [0.05, 0.1) is 6.42 Å². The summed E-state index contributed by atoms with van der Waals surface area (Å²) in [6.07, 6.45) is 4.97. The average molecular weight is 333 g/mol. The van der Waals surface area contributed by atoms with E-state index in [1.807, 2.05) is 6.20 Å². The molecule has 2 N–H and O–H groups in total. The maximum Gasteiger partial charge on any atom is 0.308 e. The SMILES string of the molecule is Cc1nc(C=Cc2ncc(C(C)(C)C)s2)[nH]c(=O)c1CC(=O)O. The molecule has 2 rings (SSSR count). The fraction of sp³-hybridized carbons (Fsp3) is 0.375. The maximum absolute atomic E-state index is 11.9. The molecule has 0 bridgehead atoms. The number of aromatic nitrogens is 3. The van der Waals surface area contributed by atoms with Crippen LogP contribution < -0.4 is 5.56 Å². The van der Waals surface area contributed by atoms with Crippen LogP contribution in [0.25, 0.3) is 12.2 Å². The average Bonchev–Trinajstić information content (AvgIpc) is 2.89. The van der Waals surface area contributed by atoms with Crippen LogP contribution in [-0.2, 0) is 16.6 Å². The minimum absolute atomic E-state index is 0.0470. The van der Waals surface area contributed by atoms with Gasteiger partial charge in [0, 0.05) is 22.3 Å². The van der Waals surface area contributed by atoms with Crippen LogP contribution in [0.15, 0.2) is 11.0 Å². The molecular formula is C16H19N3O3S. The first kappa shape index (κ1) is 17.1. The minimum atomic E-state index is -1.05. The van der Waals surface area contributed by atoms with Gasteiger partial charge in [-0.1, -0.05) is 20.8 Å². The van der Waals surface area contributed by atoms with Gasteiger partial charge in [0.1, 0.15) is 10.8 Å². The summed E-state index contributed by atoms with van der Waals surface area (Å²) in [6, 6.07) is 0. The first-order valence-electron chi connectivity index (χ1n) is 7.13. The van der Waals surface area contributed by atoms with Crippen molar-refractivity contribution in [2.24, 2.45) is 0 Å². The van der Waals surface area contributed by atoms with E-state index < -0.39 is 11.5 Å². The number of carbonyl (C=O) groups is 1. The number of rotatable bonds is 4. The minimum Gasteiger partial charge on any atom is -0.481 e. The Morgan fingerprint density at radius 1 is 1.39 bits per heavy atom. The second-order valence-corrected chi connectivity index (χ2v) is 7.29. The Morgan fingerprint density at radius 3 is 2.61 bits per heavy atom. The van der Waals surface area contributed by atoms with Crippen LogP contribution in [0.2, 0.25) is 0 Å². The largest absolute Gasteiger partial charge is 0.481 e. The number of carboxylic acids is 1.